The summed E-state index contributed by atoms with van der Waals surface area (Å²) in [6.07, 6.45) is 0. The van der Waals surface area contributed by atoms with E-state index >= 15 is 0 Å². The van der Waals surface area contributed by atoms with E-state index in [9.17, 15) is 0 Å². The summed E-state index contributed by atoms with van der Waals surface area (Å²) in [5, 5.41) is 5.00. The van der Waals surface area contributed by atoms with Gasteiger partial charge in [0, 0.05) is 53.0 Å². The molecule has 2 nitrogen and oxygen atoms in total. The standard InChI is InChI=1S/C112H80N2S2/c1-109(2)90-40-17-19-42-92(90)111(94-44-21-24-51-103(94)115-107-88-39-15-14-35-79(88)61-69-98(107)111)96-46-27-49-101(105(96)109)113(84-63-55-75(56-64-84)73-29-8-5-9-30-73)85-65-59-77(60-66-85)81-36-26-37-82(71-81)83-54-53-80-62-70-99-108(89(80)72-83)116-104-52-25-22-45-95(104)112(99)93-43-20-18-41-91(93)110(3,4)106-97(112)47-28-50-102(106)114(86-67-57-76(58-68-86)74-31-10-6-11-32-74)100-48-23-16-38-87(100)78-33-12-7-13-34-78/h5-72H,1-4H3. The van der Waals surface area contributed by atoms with Crippen LogP contribution in [0.1, 0.15) is 94.5 Å². The van der Waals surface area contributed by atoms with Gasteiger partial charge >= 0.3 is 0 Å². The van der Waals surface area contributed by atoms with Gasteiger partial charge in [-0.15, -0.1) is 0 Å². The van der Waals surface area contributed by atoms with Gasteiger partial charge in [-0.25, -0.2) is 0 Å². The number of rotatable bonds is 11. The molecule has 22 rings (SSSR count). The van der Waals surface area contributed by atoms with Crippen molar-refractivity contribution in [2.45, 2.75) is 68.9 Å². The molecule has 18 aromatic carbocycles. The van der Waals surface area contributed by atoms with E-state index in [-0.39, 0.29) is 0 Å². The molecule has 2 aliphatic carbocycles. The van der Waals surface area contributed by atoms with E-state index in [0.717, 1.165) is 45.3 Å². The third-order valence-corrected chi connectivity index (χ3v) is 28.1. The maximum absolute atomic E-state index is 2.56. The molecule has 0 aromatic heterocycles. The van der Waals surface area contributed by atoms with Gasteiger partial charge in [-0.2, -0.15) is 0 Å². The van der Waals surface area contributed by atoms with Gasteiger partial charge in [0.2, 0.25) is 0 Å². The van der Waals surface area contributed by atoms with Crippen LogP contribution in [0.5, 0.6) is 0 Å². The highest BCUT2D eigenvalue weighted by Crippen LogP contribution is 2.67. The van der Waals surface area contributed by atoms with Gasteiger partial charge in [-0.1, -0.05) is 385 Å². The molecule has 2 aliphatic heterocycles. The second-order valence-electron chi connectivity index (χ2n) is 32.5. The maximum Gasteiger partial charge on any atom is 0.0730 e. The molecule has 0 N–H and O–H groups in total. The first-order chi connectivity index (χ1) is 57.0. The van der Waals surface area contributed by atoms with Crippen LogP contribution in [0.3, 0.4) is 0 Å². The summed E-state index contributed by atoms with van der Waals surface area (Å²) >= 11 is 3.85. The minimum absolute atomic E-state index is 0.426. The molecule has 550 valence electrons. The van der Waals surface area contributed by atoms with Crippen LogP contribution in [0.4, 0.5) is 34.1 Å². The third-order valence-electron chi connectivity index (χ3n) is 25.6. The average Bonchev–Trinajstić information content (AvgIpc) is 0.674. The fourth-order valence-corrected chi connectivity index (χ4v) is 23.1. The summed E-state index contributed by atoms with van der Waals surface area (Å²) in [4.78, 5) is 10.2. The molecule has 116 heavy (non-hydrogen) atoms. The first-order valence-corrected chi connectivity index (χ1v) is 42.1. The van der Waals surface area contributed by atoms with Crippen molar-refractivity contribution in [3.05, 3.63) is 479 Å². The second kappa shape index (κ2) is 27.2. The quantitative estimate of drug-likeness (QED) is 0.127. The van der Waals surface area contributed by atoms with Crippen molar-refractivity contribution in [3.63, 3.8) is 0 Å². The van der Waals surface area contributed by atoms with Gasteiger partial charge in [-0.3, -0.25) is 0 Å². The van der Waals surface area contributed by atoms with Crippen LogP contribution in [0, 0.1) is 0 Å². The van der Waals surface area contributed by atoms with Crippen molar-refractivity contribution >= 4 is 79.2 Å². The third kappa shape index (κ3) is 10.6. The van der Waals surface area contributed by atoms with Gasteiger partial charge in [0.15, 0.2) is 0 Å². The summed E-state index contributed by atoms with van der Waals surface area (Å²) < 4.78 is 0. The van der Waals surface area contributed by atoms with Crippen molar-refractivity contribution in [3.8, 4) is 55.6 Å². The van der Waals surface area contributed by atoms with Crippen LogP contribution in [0.25, 0.3) is 77.2 Å². The van der Waals surface area contributed by atoms with E-state index in [0.29, 0.717) is 0 Å². The highest BCUT2D eigenvalue weighted by molar-refractivity contribution is 8.00. The molecular formula is C112H80N2S2. The molecule has 0 saturated carbocycles. The molecular weight excluding hydrogens is 1440 g/mol. The fourth-order valence-electron chi connectivity index (χ4n) is 20.5. The van der Waals surface area contributed by atoms with Gasteiger partial charge in [0.05, 0.1) is 27.9 Å². The Morgan fingerprint density at radius 3 is 1.08 bits per heavy atom. The Morgan fingerprint density at radius 1 is 0.207 bits per heavy atom. The molecule has 0 amide bonds. The van der Waals surface area contributed by atoms with Gasteiger partial charge in [0.25, 0.3) is 0 Å². The molecule has 0 saturated heterocycles. The molecule has 18 aromatic rings. The lowest BCUT2D eigenvalue weighted by Crippen LogP contribution is -2.44. The lowest BCUT2D eigenvalue weighted by atomic mass is 9.53. The van der Waals surface area contributed by atoms with Crippen LogP contribution in [0.15, 0.2) is 432 Å². The van der Waals surface area contributed by atoms with Crippen LogP contribution in [0.2, 0.25) is 0 Å². The molecule has 2 atom stereocenters. The van der Waals surface area contributed by atoms with Crippen LogP contribution in [-0.4, -0.2) is 0 Å². The van der Waals surface area contributed by atoms with Crippen molar-refractivity contribution < 1.29 is 0 Å². The van der Waals surface area contributed by atoms with E-state index in [4.69, 9.17) is 0 Å². The molecule has 2 unspecified atom stereocenters. The predicted octanol–water partition coefficient (Wildman–Crippen LogP) is 30.2. The normalized spacial score (nSPS) is 16.1. The van der Waals surface area contributed by atoms with Gasteiger partial charge < -0.3 is 9.80 Å². The number of para-hydroxylation sites is 1. The van der Waals surface area contributed by atoms with E-state index in [2.05, 4.69) is 450 Å². The lowest BCUT2D eigenvalue weighted by Gasteiger charge is -2.51. The molecule has 0 fully saturated rings. The monoisotopic (exact) mass is 1520 g/mol. The zero-order chi connectivity index (χ0) is 77.4. The number of fused-ring (bicyclic) bond motifs is 20. The lowest BCUT2D eigenvalue weighted by molar-refractivity contribution is 0.550. The molecule has 0 radical (unpaired) electrons. The molecule has 2 spiro atoms. The highest BCUT2D eigenvalue weighted by atomic mass is 32.2. The minimum atomic E-state index is -0.708. The topological polar surface area (TPSA) is 6.48 Å². The molecule has 0 bridgehead atoms. The second-order valence-corrected chi connectivity index (χ2v) is 34.6. The van der Waals surface area contributed by atoms with Gasteiger partial charge in [-0.05, 0) is 217 Å². The molecule has 4 aliphatic rings. The Balaban J connectivity index is 0.682. The Kier molecular flexibility index (Phi) is 16.3. The number of nitrogens with zero attached hydrogens (tertiary/aromatic N) is 2. The van der Waals surface area contributed by atoms with E-state index in [1.807, 2.05) is 23.5 Å². The smallest absolute Gasteiger partial charge is 0.0730 e. The van der Waals surface area contributed by atoms with E-state index < -0.39 is 21.7 Å². The van der Waals surface area contributed by atoms with Crippen LogP contribution < -0.4 is 9.80 Å². The Bertz CT molecular complexity index is 6950. The Labute approximate surface area is 687 Å². The maximum atomic E-state index is 2.56. The van der Waals surface area contributed by atoms with E-state index in [1.165, 1.54) is 152 Å². The van der Waals surface area contributed by atoms with Crippen molar-refractivity contribution in [2.75, 3.05) is 9.80 Å². The highest BCUT2D eigenvalue weighted by Gasteiger charge is 2.56. The van der Waals surface area contributed by atoms with Gasteiger partial charge in [0.1, 0.15) is 0 Å². The first kappa shape index (κ1) is 69.5. The number of hydrogen-bond acceptors (Lipinski definition) is 4. The fraction of sp³-hybridized carbons (Fsp3) is 0.0714. The SMILES string of the molecule is CC1(C)c2ccccc2C2(c3ccccc3Sc3c2ccc2ccccc32)c2cccc(N(c3ccc(-c4ccccc4)cc3)c3ccc(-c4cccc(-c5ccc6ccc7c(c6c5)Sc5ccccc5C75c6ccccc6C(C)(C)c6c(N(c7ccc(-c8ccccc8)cc7)c7ccccc7-c7ccccc7)cccc65)c4)cc3)c21. The van der Waals surface area contributed by atoms with E-state index in [1.54, 1.807) is 0 Å². The van der Waals surface area contributed by atoms with Crippen LogP contribution >= 0.6 is 23.5 Å². The summed E-state index contributed by atoms with van der Waals surface area (Å²) in [5.41, 5.74) is 32.0. The van der Waals surface area contributed by atoms with Crippen molar-refractivity contribution in [1.29, 1.82) is 0 Å². The summed E-state index contributed by atoms with van der Waals surface area (Å²) in [6, 6.07) is 156. The zero-order valence-electron chi connectivity index (χ0n) is 65.0. The number of hydrogen-bond donors (Lipinski definition) is 0. The summed E-state index contributed by atoms with van der Waals surface area (Å²) in [6.45, 7) is 9.83. The largest absolute Gasteiger partial charge is 0.310 e. The van der Waals surface area contributed by atoms with Crippen LogP contribution in [-0.2, 0) is 21.7 Å². The summed E-state index contributed by atoms with van der Waals surface area (Å²) in [5.74, 6) is 0. The average molecular weight is 1520 g/mol. The molecule has 4 heteroatoms. The molecule has 2 heterocycles. The first-order valence-electron chi connectivity index (χ1n) is 40.4. The van der Waals surface area contributed by atoms with Crippen molar-refractivity contribution in [2.24, 2.45) is 0 Å². The Morgan fingerprint density at radius 2 is 0.543 bits per heavy atom. The van der Waals surface area contributed by atoms with Crippen molar-refractivity contribution in [1.82, 2.24) is 0 Å². The predicted molar refractivity (Wildman–Crippen MR) is 487 cm³/mol. The number of benzene rings is 18. The summed E-state index contributed by atoms with van der Waals surface area (Å²) in [7, 11) is 0. The number of anilines is 6. The minimum Gasteiger partial charge on any atom is -0.310 e. The Hall–Kier alpha value is -13.2. The zero-order valence-corrected chi connectivity index (χ0v) is 66.6.